The molecule has 0 aliphatic heterocycles. The minimum Gasteiger partial charge on any atom is -0.496 e. The molecule has 1 aromatic rings. The highest BCUT2D eigenvalue weighted by Gasteiger charge is 2.10. The van der Waals surface area contributed by atoms with Crippen LogP contribution < -0.4 is 4.74 Å². The van der Waals surface area contributed by atoms with Crippen molar-refractivity contribution < 1.29 is 9.53 Å². The molecular weight excluding hydrogens is 190 g/mol. The monoisotopic (exact) mass is 197 g/mol. The van der Waals surface area contributed by atoms with Gasteiger partial charge >= 0.3 is 0 Å². The highest BCUT2D eigenvalue weighted by Crippen LogP contribution is 2.22. The molecule has 0 heterocycles. The van der Waals surface area contributed by atoms with E-state index in [4.69, 9.17) is 16.3 Å². The van der Waals surface area contributed by atoms with Gasteiger partial charge in [0.2, 0.25) is 0 Å². The summed E-state index contributed by atoms with van der Waals surface area (Å²) in [7, 11) is 1.48. The highest BCUT2D eigenvalue weighted by molar-refractivity contribution is 6.31. The molecule has 0 aromatic heterocycles. The summed E-state index contributed by atoms with van der Waals surface area (Å²) in [5, 5.41) is 0.466. The lowest BCUT2D eigenvalue weighted by Gasteiger charge is -2.04. The van der Waals surface area contributed by atoms with Crippen molar-refractivity contribution >= 4 is 24.2 Å². The third kappa shape index (κ3) is 2.06. The molecule has 0 spiro atoms. The summed E-state index contributed by atoms with van der Waals surface area (Å²) in [6, 6.07) is 4.75. The van der Waals surface area contributed by atoms with Crippen LogP contribution in [0.1, 0.15) is 10.4 Å². The second-order valence-corrected chi connectivity index (χ2v) is 2.74. The average Bonchev–Trinajstić information content (AvgIpc) is 2.16. The van der Waals surface area contributed by atoms with Crippen molar-refractivity contribution in [2.75, 3.05) is 7.11 Å². The van der Waals surface area contributed by atoms with Crippen LogP contribution in [-0.4, -0.2) is 19.7 Å². The Kier molecular flexibility index (Phi) is 3.03. The van der Waals surface area contributed by atoms with Crippen molar-refractivity contribution in [1.82, 2.24) is 0 Å². The number of hydrogen-bond acceptors (Lipinski definition) is 2. The first-order valence-corrected chi connectivity index (χ1v) is 3.91. The lowest BCUT2D eigenvalue weighted by Crippen LogP contribution is -1.98. The van der Waals surface area contributed by atoms with Crippen LogP contribution in [0.2, 0.25) is 5.02 Å². The first kappa shape index (κ1) is 9.74. The van der Waals surface area contributed by atoms with Gasteiger partial charge in [-0.3, -0.25) is 4.79 Å². The largest absolute Gasteiger partial charge is 0.496 e. The number of aliphatic imine (C=N–C) groups is 1. The standard InChI is InChI=1S/C9H8ClNO2/c1-11-9(12)7-5-6(10)3-4-8(7)13-2/h3-5H,1H2,2H3. The number of rotatable bonds is 2. The van der Waals surface area contributed by atoms with Gasteiger partial charge in [0.25, 0.3) is 5.91 Å². The van der Waals surface area contributed by atoms with Crippen LogP contribution in [0, 0.1) is 0 Å². The van der Waals surface area contributed by atoms with Gasteiger partial charge in [0, 0.05) is 5.02 Å². The molecule has 0 fully saturated rings. The number of benzene rings is 1. The molecule has 0 radical (unpaired) electrons. The molecule has 0 N–H and O–H groups in total. The molecule has 0 aliphatic carbocycles. The van der Waals surface area contributed by atoms with E-state index in [9.17, 15) is 4.79 Å². The van der Waals surface area contributed by atoms with Gasteiger partial charge in [-0.05, 0) is 24.9 Å². The van der Waals surface area contributed by atoms with Gasteiger partial charge in [-0.15, -0.1) is 0 Å². The van der Waals surface area contributed by atoms with Gasteiger partial charge in [0.05, 0.1) is 12.7 Å². The lowest BCUT2D eigenvalue weighted by atomic mass is 10.2. The summed E-state index contributed by atoms with van der Waals surface area (Å²) in [4.78, 5) is 14.5. The molecular formula is C9H8ClNO2. The normalized spacial score (nSPS) is 9.38. The van der Waals surface area contributed by atoms with Crippen molar-refractivity contribution in [2.45, 2.75) is 0 Å². The summed E-state index contributed by atoms with van der Waals surface area (Å²) >= 11 is 5.70. The number of ether oxygens (including phenoxy) is 1. The van der Waals surface area contributed by atoms with Crippen molar-refractivity contribution in [1.29, 1.82) is 0 Å². The first-order valence-electron chi connectivity index (χ1n) is 3.53. The molecule has 4 heteroatoms. The van der Waals surface area contributed by atoms with Crippen LogP contribution in [0.5, 0.6) is 5.75 Å². The van der Waals surface area contributed by atoms with Crippen LogP contribution >= 0.6 is 11.6 Å². The van der Waals surface area contributed by atoms with E-state index in [1.54, 1.807) is 12.1 Å². The molecule has 3 nitrogen and oxygen atoms in total. The van der Waals surface area contributed by atoms with Crippen molar-refractivity contribution in [3.05, 3.63) is 28.8 Å². The predicted molar refractivity (Wildman–Crippen MR) is 51.9 cm³/mol. The topological polar surface area (TPSA) is 38.7 Å². The second kappa shape index (κ2) is 4.05. The zero-order chi connectivity index (χ0) is 9.84. The molecule has 68 valence electrons. The van der Waals surface area contributed by atoms with E-state index in [-0.39, 0.29) is 0 Å². The molecule has 0 saturated carbocycles. The number of halogens is 1. The lowest BCUT2D eigenvalue weighted by molar-refractivity contribution is 0.100. The molecule has 0 bridgehead atoms. The van der Waals surface area contributed by atoms with E-state index in [1.165, 1.54) is 13.2 Å². The Morgan fingerprint density at radius 1 is 1.62 bits per heavy atom. The molecule has 0 saturated heterocycles. The molecule has 13 heavy (non-hydrogen) atoms. The van der Waals surface area contributed by atoms with Crippen molar-refractivity contribution in [3.8, 4) is 5.75 Å². The molecule has 0 unspecified atom stereocenters. The van der Waals surface area contributed by atoms with E-state index in [0.29, 0.717) is 16.3 Å². The summed E-state index contributed by atoms with van der Waals surface area (Å²) in [6.45, 7) is 3.14. The maximum absolute atomic E-state index is 11.2. The molecule has 0 aliphatic rings. The maximum Gasteiger partial charge on any atom is 0.280 e. The van der Waals surface area contributed by atoms with Gasteiger partial charge in [0.15, 0.2) is 0 Å². The van der Waals surface area contributed by atoms with E-state index in [0.717, 1.165) is 0 Å². The van der Waals surface area contributed by atoms with E-state index >= 15 is 0 Å². The fourth-order valence-electron chi connectivity index (χ4n) is 0.933. The predicted octanol–water partition coefficient (Wildman–Crippen LogP) is 2.19. The van der Waals surface area contributed by atoms with Crippen LogP contribution in [0.4, 0.5) is 0 Å². The van der Waals surface area contributed by atoms with Crippen molar-refractivity contribution in [3.63, 3.8) is 0 Å². The van der Waals surface area contributed by atoms with E-state index < -0.39 is 5.91 Å². The number of hydrogen-bond donors (Lipinski definition) is 0. The van der Waals surface area contributed by atoms with E-state index in [2.05, 4.69) is 11.7 Å². The van der Waals surface area contributed by atoms with E-state index in [1.807, 2.05) is 0 Å². The van der Waals surface area contributed by atoms with Gasteiger partial charge in [-0.2, -0.15) is 0 Å². The Hall–Kier alpha value is -1.35. The Labute approximate surface area is 81.0 Å². The fourth-order valence-corrected chi connectivity index (χ4v) is 1.10. The molecule has 1 aromatic carbocycles. The average molecular weight is 198 g/mol. The minimum atomic E-state index is -0.445. The highest BCUT2D eigenvalue weighted by atomic mass is 35.5. The zero-order valence-corrected chi connectivity index (χ0v) is 7.84. The Bertz CT molecular complexity index is 349. The Balaban J connectivity index is 3.23. The van der Waals surface area contributed by atoms with Gasteiger partial charge in [0.1, 0.15) is 5.75 Å². The smallest absolute Gasteiger partial charge is 0.280 e. The molecule has 1 rings (SSSR count). The summed E-state index contributed by atoms with van der Waals surface area (Å²) in [5.41, 5.74) is 0.324. The second-order valence-electron chi connectivity index (χ2n) is 2.31. The summed E-state index contributed by atoms with van der Waals surface area (Å²) in [6.07, 6.45) is 0. The van der Waals surface area contributed by atoms with Crippen LogP contribution in [0.25, 0.3) is 0 Å². The Morgan fingerprint density at radius 2 is 2.31 bits per heavy atom. The van der Waals surface area contributed by atoms with Gasteiger partial charge in [-0.1, -0.05) is 11.6 Å². The zero-order valence-electron chi connectivity index (χ0n) is 7.08. The fraction of sp³-hybridized carbons (Fsp3) is 0.111. The van der Waals surface area contributed by atoms with Crippen LogP contribution in [-0.2, 0) is 0 Å². The maximum atomic E-state index is 11.2. The van der Waals surface area contributed by atoms with Gasteiger partial charge < -0.3 is 4.74 Å². The number of amides is 1. The Morgan fingerprint density at radius 3 is 2.85 bits per heavy atom. The molecule has 0 atom stereocenters. The van der Waals surface area contributed by atoms with Crippen LogP contribution in [0.3, 0.4) is 0 Å². The number of carbonyl (C=O) groups is 1. The van der Waals surface area contributed by atoms with Crippen LogP contribution in [0.15, 0.2) is 23.2 Å². The third-order valence-electron chi connectivity index (χ3n) is 1.54. The number of carbonyl (C=O) groups excluding carboxylic acids is 1. The van der Waals surface area contributed by atoms with Crippen molar-refractivity contribution in [2.24, 2.45) is 4.99 Å². The first-order chi connectivity index (χ1) is 6.19. The minimum absolute atomic E-state index is 0.324. The summed E-state index contributed by atoms with van der Waals surface area (Å²) < 4.78 is 4.96. The number of methoxy groups -OCH3 is 1. The number of nitrogens with zero attached hydrogens (tertiary/aromatic N) is 1. The quantitative estimate of drug-likeness (QED) is 0.682. The SMILES string of the molecule is C=NC(=O)c1cc(Cl)ccc1OC. The third-order valence-corrected chi connectivity index (χ3v) is 1.77. The van der Waals surface area contributed by atoms with Gasteiger partial charge in [-0.25, -0.2) is 4.99 Å². The molecule has 1 amide bonds. The summed E-state index contributed by atoms with van der Waals surface area (Å²) in [5.74, 6) is 0.00106.